The van der Waals surface area contributed by atoms with Crippen LogP contribution in [-0.4, -0.2) is 21.6 Å². The number of thiophene rings is 1. The Bertz CT molecular complexity index is 521. The second kappa shape index (κ2) is 5.80. The summed E-state index contributed by atoms with van der Waals surface area (Å²) in [5, 5.41) is 14.4. The first-order valence-electron chi connectivity index (χ1n) is 5.91. The molecule has 0 radical (unpaired) electrons. The predicted octanol–water partition coefficient (Wildman–Crippen LogP) is 2.50. The van der Waals surface area contributed by atoms with Crippen molar-refractivity contribution >= 4 is 11.3 Å². The first-order chi connectivity index (χ1) is 8.70. The standard InChI is InChI=1S/C13H16N4S/c1-10(2)16-11(8-14)9-17-6-5-15-13(17)12-4-3-7-18-12/h3-7,10-11,16H,9H2,1-2H3. The molecule has 5 heteroatoms. The third-order valence-electron chi connectivity index (χ3n) is 2.53. The molecule has 0 amide bonds. The number of imidazole rings is 1. The summed E-state index contributed by atoms with van der Waals surface area (Å²) in [7, 11) is 0. The third kappa shape index (κ3) is 2.97. The van der Waals surface area contributed by atoms with Crippen LogP contribution in [0.15, 0.2) is 29.9 Å². The normalized spacial score (nSPS) is 12.6. The van der Waals surface area contributed by atoms with Gasteiger partial charge in [0.05, 0.1) is 17.5 Å². The fourth-order valence-corrected chi connectivity index (χ4v) is 2.55. The smallest absolute Gasteiger partial charge is 0.150 e. The molecule has 0 aromatic carbocycles. The Hall–Kier alpha value is -1.64. The number of rotatable bonds is 5. The maximum absolute atomic E-state index is 9.15. The molecule has 4 nitrogen and oxygen atoms in total. The minimum Gasteiger partial charge on any atom is -0.328 e. The van der Waals surface area contributed by atoms with Crippen molar-refractivity contribution in [2.75, 3.05) is 0 Å². The SMILES string of the molecule is CC(C)NC(C#N)Cn1ccnc1-c1cccs1. The number of hydrogen-bond acceptors (Lipinski definition) is 4. The molecule has 0 spiro atoms. The van der Waals surface area contributed by atoms with Gasteiger partial charge in [-0.15, -0.1) is 11.3 Å². The minimum absolute atomic E-state index is 0.196. The molecule has 1 N–H and O–H groups in total. The number of aromatic nitrogens is 2. The fraction of sp³-hybridized carbons (Fsp3) is 0.385. The summed E-state index contributed by atoms with van der Waals surface area (Å²) >= 11 is 1.66. The fourth-order valence-electron chi connectivity index (χ4n) is 1.82. The van der Waals surface area contributed by atoms with E-state index in [0.717, 1.165) is 10.7 Å². The van der Waals surface area contributed by atoms with Crippen LogP contribution in [0.4, 0.5) is 0 Å². The van der Waals surface area contributed by atoms with E-state index < -0.39 is 0 Å². The van der Waals surface area contributed by atoms with E-state index in [0.29, 0.717) is 12.6 Å². The van der Waals surface area contributed by atoms with Crippen molar-refractivity contribution in [2.24, 2.45) is 0 Å². The molecule has 0 aliphatic carbocycles. The first-order valence-corrected chi connectivity index (χ1v) is 6.79. The predicted molar refractivity (Wildman–Crippen MR) is 73.2 cm³/mol. The molecule has 0 saturated heterocycles. The Morgan fingerprint density at radius 1 is 1.56 bits per heavy atom. The molecule has 0 aliphatic heterocycles. The molecule has 2 rings (SSSR count). The molecule has 0 fully saturated rings. The van der Waals surface area contributed by atoms with E-state index in [1.807, 2.05) is 42.1 Å². The van der Waals surface area contributed by atoms with E-state index in [1.165, 1.54) is 0 Å². The lowest BCUT2D eigenvalue weighted by atomic mass is 10.2. The molecule has 2 aromatic heterocycles. The second-order valence-corrected chi connectivity index (χ2v) is 5.33. The van der Waals surface area contributed by atoms with Crippen LogP contribution in [0.5, 0.6) is 0 Å². The van der Waals surface area contributed by atoms with Gasteiger partial charge in [0, 0.05) is 18.4 Å². The van der Waals surface area contributed by atoms with E-state index in [9.17, 15) is 0 Å². The number of nitriles is 1. The van der Waals surface area contributed by atoms with Crippen molar-refractivity contribution in [3.63, 3.8) is 0 Å². The zero-order valence-electron chi connectivity index (χ0n) is 10.5. The topological polar surface area (TPSA) is 53.6 Å². The lowest BCUT2D eigenvalue weighted by Crippen LogP contribution is -2.36. The van der Waals surface area contributed by atoms with Crippen LogP contribution in [0.25, 0.3) is 10.7 Å². The zero-order chi connectivity index (χ0) is 13.0. The summed E-state index contributed by atoms with van der Waals surface area (Å²) in [5.41, 5.74) is 0. The number of nitrogens with zero attached hydrogens (tertiary/aromatic N) is 3. The number of hydrogen-bond donors (Lipinski definition) is 1. The van der Waals surface area contributed by atoms with Crippen LogP contribution in [-0.2, 0) is 6.54 Å². The Balaban J connectivity index is 2.15. The summed E-state index contributed by atoms with van der Waals surface area (Å²) in [4.78, 5) is 5.49. The van der Waals surface area contributed by atoms with Gasteiger partial charge in [0.15, 0.2) is 0 Å². The van der Waals surface area contributed by atoms with Gasteiger partial charge < -0.3 is 4.57 Å². The molecule has 0 saturated carbocycles. The largest absolute Gasteiger partial charge is 0.328 e. The Kier molecular flexibility index (Phi) is 4.13. The molecule has 18 heavy (non-hydrogen) atoms. The van der Waals surface area contributed by atoms with Crippen molar-refractivity contribution in [3.8, 4) is 16.8 Å². The summed E-state index contributed by atoms with van der Waals surface area (Å²) in [5.74, 6) is 0.927. The highest BCUT2D eigenvalue weighted by molar-refractivity contribution is 7.13. The van der Waals surface area contributed by atoms with Gasteiger partial charge in [0.1, 0.15) is 11.9 Å². The highest BCUT2D eigenvalue weighted by atomic mass is 32.1. The Morgan fingerprint density at radius 3 is 3.00 bits per heavy atom. The molecule has 2 heterocycles. The van der Waals surface area contributed by atoms with Crippen LogP contribution >= 0.6 is 11.3 Å². The summed E-state index contributed by atoms with van der Waals surface area (Å²) < 4.78 is 2.02. The average Bonchev–Trinajstić information content (AvgIpc) is 2.96. The molecule has 2 aromatic rings. The maximum atomic E-state index is 9.15. The van der Waals surface area contributed by atoms with E-state index in [2.05, 4.69) is 16.4 Å². The van der Waals surface area contributed by atoms with Gasteiger partial charge in [0.25, 0.3) is 0 Å². The first kappa shape index (κ1) is 12.8. The van der Waals surface area contributed by atoms with Crippen LogP contribution < -0.4 is 5.32 Å². The molecule has 1 atom stereocenters. The van der Waals surface area contributed by atoms with E-state index in [4.69, 9.17) is 5.26 Å². The van der Waals surface area contributed by atoms with E-state index in [1.54, 1.807) is 17.5 Å². The van der Waals surface area contributed by atoms with Crippen LogP contribution in [0.3, 0.4) is 0 Å². The van der Waals surface area contributed by atoms with Gasteiger partial charge >= 0.3 is 0 Å². The van der Waals surface area contributed by atoms with Crippen molar-refractivity contribution < 1.29 is 0 Å². The van der Waals surface area contributed by atoms with Crippen LogP contribution in [0, 0.1) is 11.3 Å². The van der Waals surface area contributed by atoms with Gasteiger partial charge in [-0.2, -0.15) is 5.26 Å². The van der Waals surface area contributed by atoms with Gasteiger partial charge in [0.2, 0.25) is 0 Å². The molecular formula is C13H16N4S. The van der Waals surface area contributed by atoms with Gasteiger partial charge in [-0.1, -0.05) is 6.07 Å². The van der Waals surface area contributed by atoms with Crippen LogP contribution in [0.2, 0.25) is 0 Å². The van der Waals surface area contributed by atoms with Crippen LogP contribution in [0.1, 0.15) is 13.8 Å². The zero-order valence-corrected chi connectivity index (χ0v) is 11.3. The maximum Gasteiger partial charge on any atom is 0.150 e. The molecular weight excluding hydrogens is 244 g/mol. The van der Waals surface area contributed by atoms with Gasteiger partial charge in [-0.05, 0) is 25.3 Å². The van der Waals surface area contributed by atoms with Crippen molar-refractivity contribution in [3.05, 3.63) is 29.9 Å². The summed E-state index contributed by atoms with van der Waals surface area (Å²) in [6.07, 6.45) is 3.69. The third-order valence-corrected chi connectivity index (χ3v) is 3.39. The summed E-state index contributed by atoms with van der Waals surface area (Å²) in [6.45, 7) is 4.69. The molecule has 94 valence electrons. The average molecular weight is 260 g/mol. The van der Waals surface area contributed by atoms with E-state index in [-0.39, 0.29) is 6.04 Å². The molecule has 0 bridgehead atoms. The van der Waals surface area contributed by atoms with Crippen molar-refractivity contribution in [1.29, 1.82) is 5.26 Å². The quantitative estimate of drug-likeness (QED) is 0.898. The monoisotopic (exact) mass is 260 g/mol. The molecule has 1 unspecified atom stereocenters. The minimum atomic E-state index is -0.196. The van der Waals surface area contributed by atoms with Crippen molar-refractivity contribution in [2.45, 2.75) is 32.5 Å². The molecule has 0 aliphatic rings. The Labute approximate surface area is 111 Å². The van der Waals surface area contributed by atoms with Crippen molar-refractivity contribution in [1.82, 2.24) is 14.9 Å². The van der Waals surface area contributed by atoms with E-state index >= 15 is 0 Å². The Morgan fingerprint density at radius 2 is 2.39 bits per heavy atom. The van der Waals surface area contributed by atoms with Gasteiger partial charge in [-0.25, -0.2) is 4.98 Å². The van der Waals surface area contributed by atoms with Gasteiger partial charge in [-0.3, -0.25) is 5.32 Å². The lowest BCUT2D eigenvalue weighted by molar-refractivity contribution is 0.479. The number of nitrogens with one attached hydrogen (secondary N) is 1. The second-order valence-electron chi connectivity index (χ2n) is 4.38. The lowest BCUT2D eigenvalue weighted by Gasteiger charge is -2.16. The highest BCUT2D eigenvalue weighted by Crippen LogP contribution is 2.22. The summed E-state index contributed by atoms with van der Waals surface area (Å²) in [6, 6.07) is 6.44. The highest BCUT2D eigenvalue weighted by Gasteiger charge is 2.13.